The fourth-order valence-corrected chi connectivity index (χ4v) is 2.99. The summed E-state index contributed by atoms with van der Waals surface area (Å²) in [6.45, 7) is 7.90. The fourth-order valence-electron chi connectivity index (χ4n) is 2.99. The highest BCUT2D eigenvalue weighted by molar-refractivity contribution is 5.56. The molecule has 0 aromatic heterocycles. The second-order valence-corrected chi connectivity index (χ2v) is 5.70. The van der Waals surface area contributed by atoms with Crippen LogP contribution >= 0.6 is 0 Å². The first-order valence-corrected chi connectivity index (χ1v) is 7.24. The third-order valence-electron chi connectivity index (χ3n) is 4.29. The van der Waals surface area contributed by atoms with Crippen molar-refractivity contribution in [2.45, 2.75) is 52.1 Å². The lowest BCUT2D eigenvalue weighted by Crippen LogP contribution is -2.42. The Hall–Kier alpha value is -1.02. The zero-order valence-corrected chi connectivity index (χ0v) is 11.9. The van der Waals surface area contributed by atoms with Crippen molar-refractivity contribution in [3.63, 3.8) is 0 Å². The molecule has 3 atom stereocenters. The fraction of sp³-hybridized carbons (Fsp3) is 0.625. The van der Waals surface area contributed by atoms with Gasteiger partial charge in [0.1, 0.15) is 0 Å². The normalized spacial score (nSPS) is 26.1. The number of hydrogen-bond donors (Lipinski definition) is 1. The van der Waals surface area contributed by atoms with Gasteiger partial charge in [0.15, 0.2) is 0 Å². The van der Waals surface area contributed by atoms with Crippen LogP contribution in [0, 0.1) is 5.92 Å². The average molecular weight is 246 g/mol. The molecule has 0 radical (unpaired) electrons. The third kappa shape index (κ3) is 2.69. The minimum Gasteiger partial charge on any atom is -0.368 e. The van der Waals surface area contributed by atoms with Crippen LogP contribution in [0.3, 0.4) is 0 Å². The Kier molecular flexibility index (Phi) is 4.28. The monoisotopic (exact) mass is 246 g/mol. The van der Waals surface area contributed by atoms with Crippen LogP contribution in [0.5, 0.6) is 0 Å². The van der Waals surface area contributed by atoms with Gasteiger partial charge in [-0.1, -0.05) is 31.5 Å². The Morgan fingerprint density at radius 1 is 1.33 bits per heavy atom. The molecule has 1 aromatic carbocycles. The molecule has 0 saturated carbocycles. The van der Waals surface area contributed by atoms with Gasteiger partial charge in [0.25, 0.3) is 0 Å². The topological polar surface area (TPSA) is 29.3 Å². The van der Waals surface area contributed by atoms with Crippen LogP contribution in [-0.4, -0.2) is 12.6 Å². The molecule has 1 aliphatic rings. The predicted octanol–water partition coefficient (Wildman–Crippen LogP) is 3.72. The first-order valence-electron chi connectivity index (χ1n) is 7.24. The molecule has 2 N–H and O–H groups in total. The first kappa shape index (κ1) is 13.4. The molecule has 1 aromatic rings. The van der Waals surface area contributed by atoms with Gasteiger partial charge in [0.05, 0.1) is 0 Å². The zero-order chi connectivity index (χ0) is 13.1. The van der Waals surface area contributed by atoms with E-state index in [1.54, 1.807) is 0 Å². The van der Waals surface area contributed by atoms with E-state index >= 15 is 0 Å². The molecule has 100 valence electrons. The second kappa shape index (κ2) is 5.75. The van der Waals surface area contributed by atoms with E-state index in [4.69, 9.17) is 5.73 Å². The van der Waals surface area contributed by atoms with Crippen molar-refractivity contribution < 1.29 is 0 Å². The summed E-state index contributed by atoms with van der Waals surface area (Å²) >= 11 is 0. The van der Waals surface area contributed by atoms with E-state index < -0.39 is 0 Å². The summed E-state index contributed by atoms with van der Waals surface area (Å²) in [5.41, 5.74) is 8.73. The van der Waals surface area contributed by atoms with E-state index in [1.165, 1.54) is 37.1 Å². The Labute approximate surface area is 111 Å². The summed E-state index contributed by atoms with van der Waals surface area (Å²) in [6, 6.07) is 9.36. The second-order valence-electron chi connectivity index (χ2n) is 5.70. The van der Waals surface area contributed by atoms with Gasteiger partial charge in [0, 0.05) is 24.3 Å². The maximum Gasteiger partial charge on any atom is 0.0417 e. The maximum atomic E-state index is 6.11. The summed E-state index contributed by atoms with van der Waals surface area (Å²) in [6.07, 6.45) is 3.95. The van der Waals surface area contributed by atoms with E-state index in [1.807, 2.05) is 0 Å². The lowest BCUT2D eigenvalue weighted by molar-refractivity contribution is 0.358. The summed E-state index contributed by atoms with van der Waals surface area (Å²) in [5.74, 6) is 0.835. The Bertz CT molecular complexity index is 386. The van der Waals surface area contributed by atoms with Gasteiger partial charge in [0.2, 0.25) is 0 Å². The van der Waals surface area contributed by atoms with Gasteiger partial charge in [-0.25, -0.2) is 0 Å². The number of rotatable bonds is 3. The quantitative estimate of drug-likeness (QED) is 0.880. The van der Waals surface area contributed by atoms with Gasteiger partial charge in [-0.3, -0.25) is 0 Å². The van der Waals surface area contributed by atoms with Crippen molar-refractivity contribution in [3.8, 4) is 0 Å². The molecule has 1 heterocycles. The van der Waals surface area contributed by atoms with Crippen LogP contribution in [0.15, 0.2) is 24.3 Å². The van der Waals surface area contributed by atoms with Crippen molar-refractivity contribution in [2.75, 3.05) is 11.4 Å². The maximum absolute atomic E-state index is 6.11. The first-order chi connectivity index (χ1) is 8.63. The SMILES string of the molecule is CCC1CCC(C)N(c2ccccc2C(C)N)C1. The van der Waals surface area contributed by atoms with E-state index in [9.17, 15) is 0 Å². The molecule has 0 aliphatic carbocycles. The molecule has 0 spiro atoms. The molecule has 1 saturated heterocycles. The van der Waals surface area contributed by atoms with Crippen molar-refractivity contribution in [1.29, 1.82) is 0 Å². The van der Waals surface area contributed by atoms with Crippen LogP contribution in [0.1, 0.15) is 51.6 Å². The highest BCUT2D eigenvalue weighted by Crippen LogP contribution is 2.33. The van der Waals surface area contributed by atoms with Crippen molar-refractivity contribution in [1.82, 2.24) is 0 Å². The lowest BCUT2D eigenvalue weighted by atomic mass is 9.90. The number of anilines is 1. The molecular weight excluding hydrogens is 220 g/mol. The van der Waals surface area contributed by atoms with E-state index in [0.29, 0.717) is 6.04 Å². The number of nitrogens with zero attached hydrogens (tertiary/aromatic N) is 1. The van der Waals surface area contributed by atoms with Crippen LogP contribution in [0.4, 0.5) is 5.69 Å². The number of para-hydroxylation sites is 1. The largest absolute Gasteiger partial charge is 0.368 e. The molecule has 3 unspecified atom stereocenters. The summed E-state index contributed by atoms with van der Waals surface area (Å²) < 4.78 is 0. The predicted molar refractivity (Wildman–Crippen MR) is 78.9 cm³/mol. The lowest BCUT2D eigenvalue weighted by Gasteiger charge is -2.40. The third-order valence-corrected chi connectivity index (χ3v) is 4.29. The molecule has 0 bridgehead atoms. The summed E-state index contributed by atoms with van der Waals surface area (Å²) in [4.78, 5) is 2.57. The van der Waals surface area contributed by atoms with Crippen LogP contribution in [-0.2, 0) is 0 Å². The summed E-state index contributed by atoms with van der Waals surface area (Å²) in [7, 11) is 0. The van der Waals surface area contributed by atoms with Gasteiger partial charge >= 0.3 is 0 Å². The van der Waals surface area contributed by atoms with E-state index in [2.05, 4.69) is 49.9 Å². The molecular formula is C16H26N2. The molecule has 2 rings (SSSR count). The average Bonchev–Trinajstić information content (AvgIpc) is 2.39. The van der Waals surface area contributed by atoms with E-state index in [0.717, 1.165) is 5.92 Å². The van der Waals surface area contributed by atoms with Gasteiger partial charge < -0.3 is 10.6 Å². The van der Waals surface area contributed by atoms with Gasteiger partial charge in [-0.15, -0.1) is 0 Å². The molecule has 1 aliphatic heterocycles. The van der Waals surface area contributed by atoms with E-state index in [-0.39, 0.29) is 6.04 Å². The highest BCUT2D eigenvalue weighted by atomic mass is 15.2. The zero-order valence-electron chi connectivity index (χ0n) is 11.9. The molecule has 0 amide bonds. The Morgan fingerprint density at radius 3 is 2.72 bits per heavy atom. The highest BCUT2D eigenvalue weighted by Gasteiger charge is 2.26. The molecule has 2 nitrogen and oxygen atoms in total. The minimum absolute atomic E-state index is 0.107. The van der Waals surface area contributed by atoms with Crippen molar-refractivity contribution >= 4 is 5.69 Å². The van der Waals surface area contributed by atoms with Crippen LogP contribution in [0.2, 0.25) is 0 Å². The van der Waals surface area contributed by atoms with Crippen molar-refractivity contribution in [2.24, 2.45) is 11.7 Å². The molecule has 2 heteroatoms. The molecule has 18 heavy (non-hydrogen) atoms. The van der Waals surface area contributed by atoms with Gasteiger partial charge in [-0.05, 0) is 44.2 Å². The Morgan fingerprint density at radius 2 is 2.06 bits per heavy atom. The minimum atomic E-state index is 0.107. The summed E-state index contributed by atoms with van der Waals surface area (Å²) in [5, 5.41) is 0. The van der Waals surface area contributed by atoms with Gasteiger partial charge in [-0.2, -0.15) is 0 Å². The number of benzene rings is 1. The Balaban J connectivity index is 2.28. The van der Waals surface area contributed by atoms with Crippen LogP contribution < -0.4 is 10.6 Å². The van der Waals surface area contributed by atoms with Crippen LogP contribution in [0.25, 0.3) is 0 Å². The van der Waals surface area contributed by atoms with Crippen molar-refractivity contribution in [3.05, 3.63) is 29.8 Å². The number of hydrogen-bond acceptors (Lipinski definition) is 2. The number of nitrogens with two attached hydrogens (primary N) is 1. The molecule has 1 fully saturated rings. The number of piperidine rings is 1. The standard InChI is InChI=1S/C16H26N2/c1-4-14-10-9-12(2)18(11-14)16-8-6-5-7-15(16)13(3)17/h5-8,12-14H,4,9-11,17H2,1-3H3. The smallest absolute Gasteiger partial charge is 0.0417 e.